The summed E-state index contributed by atoms with van der Waals surface area (Å²) >= 11 is 0. The first-order valence-corrected chi connectivity index (χ1v) is 7.78. The molecule has 0 aromatic heterocycles. The molecule has 0 aliphatic heterocycles. The van der Waals surface area contributed by atoms with Crippen molar-refractivity contribution in [3.8, 4) is 0 Å². The van der Waals surface area contributed by atoms with Gasteiger partial charge in [0.05, 0.1) is 0 Å². The molecule has 0 heterocycles. The number of amides is 2. The molecule has 0 aliphatic rings. The second kappa shape index (κ2) is 7.79. The fourth-order valence-corrected chi connectivity index (χ4v) is 2.35. The standard InChI is InChI=1S/C20H17N3O2/c24-14-21-19-8-4-5-15(13-19)20(25)23-18-11-9-17(10-12-18)22-16-6-2-1-3-7-16/h1-14,22H,(H,21,24)(H,23,25). The number of nitrogens with one attached hydrogen (secondary N) is 3. The van der Waals surface area contributed by atoms with Gasteiger partial charge in [-0.15, -0.1) is 0 Å². The van der Waals surface area contributed by atoms with Crippen LogP contribution in [0.3, 0.4) is 0 Å². The Bertz CT molecular complexity index is 862. The number of anilines is 4. The number of rotatable bonds is 6. The van der Waals surface area contributed by atoms with Crippen LogP contribution in [0, 0.1) is 0 Å². The topological polar surface area (TPSA) is 70.2 Å². The average Bonchev–Trinajstić information content (AvgIpc) is 2.65. The molecule has 3 N–H and O–H groups in total. The fraction of sp³-hybridized carbons (Fsp3) is 0. The maximum Gasteiger partial charge on any atom is 0.255 e. The van der Waals surface area contributed by atoms with Crippen molar-refractivity contribution in [2.75, 3.05) is 16.0 Å². The van der Waals surface area contributed by atoms with Crippen molar-refractivity contribution in [1.82, 2.24) is 0 Å². The number of carbonyl (C=O) groups is 2. The molecule has 0 radical (unpaired) electrons. The molecule has 0 fully saturated rings. The summed E-state index contributed by atoms with van der Waals surface area (Å²) in [4.78, 5) is 22.8. The highest BCUT2D eigenvalue weighted by Crippen LogP contribution is 2.19. The maximum absolute atomic E-state index is 12.3. The first-order chi connectivity index (χ1) is 12.2. The van der Waals surface area contributed by atoms with Gasteiger partial charge in [-0.25, -0.2) is 0 Å². The molecule has 2 amide bonds. The van der Waals surface area contributed by atoms with Crippen LogP contribution in [0.4, 0.5) is 22.7 Å². The van der Waals surface area contributed by atoms with Crippen LogP contribution in [0.1, 0.15) is 10.4 Å². The number of hydrogen-bond donors (Lipinski definition) is 3. The molecule has 0 saturated heterocycles. The van der Waals surface area contributed by atoms with E-state index in [4.69, 9.17) is 0 Å². The minimum Gasteiger partial charge on any atom is -0.356 e. The van der Waals surface area contributed by atoms with Crippen LogP contribution in [-0.2, 0) is 4.79 Å². The molecule has 25 heavy (non-hydrogen) atoms. The molecule has 3 aromatic rings. The molecule has 0 aliphatic carbocycles. The van der Waals surface area contributed by atoms with Crippen LogP contribution in [0.15, 0.2) is 78.9 Å². The van der Waals surface area contributed by atoms with Gasteiger partial charge >= 0.3 is 0 Å². The van der Waals surface area contributed by atoms with Crippen molar-refractivity contribution in [2.45, 2.75) is 0 Å². The normalized spacial score (nSPS) is 9.92. The van der Waals surface area contributed by atoms with Crippen molar-refractivity contribution in [3.05, 3.63) is 84.4 Å². The summed E-state index contributed by atoms with van der Waals surface area (Å²) in [7, 11) is 0. The Morgan fingerprint density at radius 1 is 0.720 bits per heavy atom. The van der Waals surface area contributed by atoms with Gasteiger partial charge in [0.25, 0.3) is 5.91 Å². The third-order valence-corrected chi connectivity index (χ3v) is 3.56. The highest BCUT2D eigenvalue weighted by molar-refractivity contribution is 6.05. The molecule has 0 atom stereocenters. The molecule has 0 unspecified atom stereocenters. The van der Waals surface area contributed by atoms with Crippen molar-refractivity contribution < 1.29 is 9.59 Å². The largest absolute Gasteiger partial charge is 0.356 e. The van der Waals surface area contributed by atoms with Crippen molar-refractivity contribution in [2.24, 2.45) is 0 Å². The first kappa shape index (κ1) is 16.3. The Morgan fingerprint density at radius 3 is 2.08 bits per heavy atom. The predicted octanol–water partition coefficient (Wildman–Crippen LogP) is 4.25. The van der Waals surface area contributed by atoms with E-state index >= 15 is 0 Å². The minimum absolute atomic E-state index is 0.238. The highest BCUT2D eigenvalue weighted by Gasteiger charge is 2.07. The van der Waals surface area contributed by atoms with Crippen LogP contribution < -0.4 is 16.0 Å². The summed E-state index contributed by atoms with van der Waals surface area (Å²) in [5, 5.41) is 8.65. The average molecular weight is 331 g/mol. The maximum atomic E-state index is 12.3. The Labute approximate surface area is 145 Å². The number of carbonyl (C=O) groups excluding carboxylic acids is 2. The van der Waals surface area contributed by atoms with Gasteiger partial charge in [-0.3, -0.25) is 9.59 Å². The van der Waals surface area contributed by atoms with Gasteiger partial charge < -0.3 is 16.0 Å². The summed E-state index contributed by atoms with van der Waals surface area (Å²) in [5.41, 5.74) is 3.67. The lowest BCUT2D eigenvalue weighted by Crippen LogP contribution is -2.12. The second-order valence-electron chi connectivity index (χ2n) is 5.37. The van der Waals surface area contributed by atoms with E-state index in [0.717, 1.165) is 11.4 Å². The molecule has 0 spiro atoms. The lowest BCUT2D eigenvalue weighted by Gasteiger charge is -2.09. The summed E-state index contributed by atoms with van der Waals surface area (Å²) < 4.78 is 0. The SMILES string of the molecule is O=CNc1cccc(C(=O)Nc2ccc(Nc3ccccc3)cc2)c1. The lowest BCUT2D eigenvalue weighted by molar-refractivity contribution is -0.105. The van der Waals surface area contributed by atoms with Crippen LogP contribution in [0.5, 0.6) is 0 Å². The van der Waals surface area contributed by atoms with Crippen molar-refractivity contribution in [3.63, 3.8) is 0 Å². The smallest absolute Gasteiger partial charge is 0.255 e. The predicted molar refractivity (Wildman–Crippen MR) is 100 cm³/mol. The van der Waals surface area contributed by atoms with Crippen LogP contribution in [-0.4, -0.2) is 12.3 Å². The van der Waals surface area contributed by atoms with Gasteiger partial charge in [-0.05, 0) is 54.6 Å². The third kappa shape index (κ3) is 4.45. The zero-order chi connectivity index (χ0) is 17.5. The molecule has 124 valence electrons. The molecular weight excluding hydrogens is 314 g/mol. The van der Waals surface area contributed by atoms with Gasteiger partial charge in [0.1, 0.15) is 0 Å². The Morgan fingerprint density at radius 2 is 1.36 bits per heavy atom. The monoisotopic (exact) mass is 331 g/mol. The second-order valence-corrected chi connectivity index (χ2v) is 5.37. The number of hydrogen-bond acceptors (Lipinski definition) is 3. The van der Waals surface area contributed by atoms with E-state index < -0.39 is 0 Å². The van der Waals surface area contributed by atoms with Crippen molar-refractivity contribution >= 4 is 35.1 Å². The Hall–Kier alpha value is -3.60. The van der Waals surface area contributed by atoms with Gasteiger partial charge in [-0.2, -0.15) is 0 Å². The molecule has 3 aromatic carbocycles. The molecule has 0 bridgehead atoms. The highest BCUT2D eigenvalue weighted by atomic mass is 16.1. The molecule has 5 nitrogen and oxygen atoms in total. The summed E-state index contributed by atoms with van der Waals surface area (Å²) in [6, 6.07) is 24.0. The first-order valence-electron chi connectivity index (χ1n) is 7.78. The summed E-state index contributed by atoms with van der Waals surface area (Å²) in [5.74, 6) is -0.238. The van der Waals surface area contributed by atoms with E-state index in [-0.39, 0.29) is 5.91 Å². The quantitative estimate of drug-likeness (QED) is 0.591. The van der Waals surface area contributed by atoms with E-state index in [1.807, 2.05) is 54.6 Å². The van der Waals surface area contributed by atoms with Gasteiger partial charge in [0.15, 0.2) is 0 Å². The van der Waals surface area contributed by atoms with Crippen LogP contribution in [0.25, 0.3) is 0 Å². The van der Waals surface area contributed by atoms with E-state index in [1.54, 1.807) is 24.3 Å². The van der Waals surface area contributed by atoms with Crippen LogP contribution >= 0.6 is 0 Å². The molecule has 5 heteroatoms. The van der Waals surface area contributed by atoms with E-state index in [9.17, 15) is 9.59 Å². The van der Waals surface area contributed by atoms with E-state index in [1.165, 1.54) is 0 Å². The summed E-state index contributed by atoms with van der Waals surface area (Å²) in [6.45, 7) is 0. The zero-order valence-electron chi connectivity index (χ0n) is 13.4. The zero-order valence-corrected chi connectivity index (χ0v) is 13.4. The van der Waals surface area contributed by atoms with E-state index in [0.29, 0.717) is 23.3 Å². The van der Waals surface area contributed by atoms with E-state index in [2.05, 4.69) is 16.0 Å². The summed E-state index contributed by atoms with van der Waals surface area (Å²) in [6.07, 6.45) is 0.579. The third-order valence-electron chi connectivity index (χ3n) is 3.56. The number of benzene rings is 3. The number of para-hydroxylation sites is 1. The Balaban J connectivity index is 1.65. The molecule has 0 saturated carbocycles. The molecular formula is C20H17N3O2. The van der Waals surface area contributed by atoms with Gasteiger partial charge in [-0.1, -0.05) is 24.3 Å². The van der Waals surface area contributed by atoms with Gasteiger partial charge in [0.2, 0.25) is 6.41 Å². The molecule has 3 rings (SSSR count). The lowest BCUT2D eigenvalue weighted by atomic mass is 10.2. The van der Waals surface area contributed by atoms with Crippen molar-refractivity contribution in [1.29, 1.82) is 0 Å². The fourth-order valence-electron chi connectivity index (χ4n) is 2.35. The van der Waals surface area contributed by atoms with Gasteiger partial charge in [0, 0.05) is 28.3 Å². The minimum atomic E-state index is -0.238. The van der Waals surface area contributed by atoms with Crippen LogP contribution in [0.2, 0.25) is 0 Å². The Kier molecular flexibility index (Phi) is 5.07.